The summed E-state index contributed by atoms with van der Waals surface area (Å²) in [5, 5.41) is 5.55. The Balaban J connectivity index is 1.43. The maximum atomic E-state index is 15.0. The molecule has 5 rings (SSSR count). The smallest absolute Gasteiger partial charge is 0.416 e. The summed E-state index contributed by atoms with van der Waals surface area (Å²) >= 11 is 0. The number of benzene rings is 1. The Morgan fingerprint density at radius 2 is 1.90 bits per heavy atom. The number of carbonyl (C=O) groups is 2. The highest BCUT2D eigenvalue weighted by molar-refractivity contribution is 6.09. The minimum Gasteiger partial charge on any atom is -0.493 e. The van der Waals surface area contributed by atoms with E-state index in [0.29, 0.717) is 37.5 Å². The second-order valence-corrected chi connectivity index (χ2v) is 10.6. The fraction of sp³-hybridized carbons (Fsp3) is 0.500. The van der Waals surface area contributed by atoms with Gasteiger partial charge in [0.2, 0.25) is 5.91 Å². The number of fused-ring (bicyclic) bond motifs is 1. The molecule has 2 heterocycles. The van der Waals surface area contributed by atoms with Crippen molar-refractivity contribution in [1.82, 2.24) is 25.6 Å². The molecule has 2 fully saturated rings. The van der Waals surface area contributed by atoms with Gasteiger partial charge in [0.1, 0.15) is 29.5 Å². The van der Waals surface area contributed by atoms with Crippen molar-refractivity contribution >= 4 is 22.8 Å². The maximum absolute atomic E-state index is 15.0. The van der Waals surface area contributed by atoms with E-state index in [2.05, 4.69) is 25.6 Å². The summed E-state index contributed by atoms with van der Waals surface area (Å²) in [6, 6.07) is 2.21. The molecule has 214 valence electrons. The van der Waals surface area contributed by atoms with Crippen LogP contribution in [0.25, 0.3) is 22.3 Å². The zero-order valence-corrected chi connectivity index (χ0v) is 22.2. The van der Waals surface area contributed by atoms with Crippen LogP contribution in [0.2, 0.25) is 0 Å². The van der Waals surface area contributed by atoms with Crippen LogP contribution < -0.4 is 15.4 Å². The molecule has 2 amide bonds. The SMILES string of the molecule is CCC(=O)N[C@@H]1CC[C@@H](NC(=O)c2c(C)[nH]c3c(-c4cc(C(F)(F)F)ccc4OCC4CC4)ncnc23)[C@H](F)C1. The third kappa shape index (κ3) is 5.90. The van der Waals surface area contributed by atoms with Crippen LogP contribution in [-0.4, -0.2) is 51.6 Å². The van der Waals surface area contributed by atoms with Crippen molar-refractivity contribution in [2.45, 2.75) is 76.8 Å². The van der Waals surface area contributed by atoms with Crippen LogP contribution in [0.5, 0.6) is 5.75 Å². The van der Waals surface area contributed by atoms with Crippen LogP contribution in [0.3, 0.4) is 0 Å². The lowest BCUT2D eigenvalue weighted by molar-refractivity contribution is -0.137. The molecule has 2 aliphatic carbocycles. The molecule has 0 radical (unpaired) electrons. The number of hydrogen-bond acceptors (Lipinski definition) is 5. The Labute approximate surface area is 228 Å². The number of halogens is 4. The molecule has 8 nitrogen and oxygen atoms in total. The Bertz CT molecular complexity index is 1420. The minimum atomic E-state index is -4.58. The number of nitrogens with zero attached hydrogens (tertiary/aromatic N) is 2. The van der Waals surface area contributed by atoms with Crippen molar-refractivity contribution < 1.29 is 31.9 Å². The van der Waals surface area contributed by atoms with Gasteiger partial charge >= 0.3 is 6.18 Å². The van der Waals surface area contributed by atoms with Gasteiger partial charge in [-0.1, -0.05) is 6.92 Å². The van der Waals surface area contributed by atoms with Crippen molar-refractivity contribution in [3.8, 4) is 17.0 Å². The minimum absolute atomic E-state index is 0.0923. The van der Waals surface area contributed by atoms with E-state index in [1.165, 1.54) is 12.4 Å². The van der Waals surface area contributed by atoms with Crippen molar-refractivity contribution in [1.29, 1.82) is 0 Å². The van der Waals surface area contributed by atoms with Gasteiger partial charge in [0.25, 0.3) is 5.91 Å². The number of ether oxygens (including phenoxy) is 1. The number of carbonyl (C=O) groups excluding carboxylic acids is 2. The number of aryl methyl sites for hydroxylation is 1. The highest BCUT2D eigenvalue weighted by atomic mass is 19.4. The second kappa shape index (κ2) is 11.1. The third-order valence-electron chi connectivity index (χ3n) is 7.51. The van der Waals surface area contributed by atoms with Gasteiger partial charge in [0, 0.05) is 30.1 Å². The lowest BCUT2D eigenvalue weighted by atomic mass is 9.89. The van der Waals surface area contributed by atoms with Gasteiger partial charge in [-0.3, -0.25) is 9.59 Å². The van der Waals surface area contributed by atoms with Gasteiger partial charge in [0.05, 0.1) is 29.3 Å². The monoisotopic (exact) mass is 561 g/mol. The Morgan fingerprint density at radius 3 is 2.58 bits per heavy atom. The Kier molecular flexibility index (Phi) is 7.70. The van der Waals surface area contributed by atoms with Crippen molar-refractivity contribution in [3.63, 3.8) is 0 Å². The highest BCUT2D eigenvalue weighted by Crippen LogP contribution is 2.40. The summed E-state index contributed by atoms with van der Waals surface area (Å²) in [5.74, 6) is -0.0657. The molecule has 40 heavy (non-hydrogen) atoms. The molecular weight excluding hydrogens is 530 g/mol. The zero-order valence-electron chi connectivity index (χ0n) is 22.2. The standard InChI is InChI=1S/C28H31F4N5O3/c1-3-22(38)36-17-7-8-20(19(29)11-17)37-27(39)23-14(2)35-26-24(33-13-34-25(23)26)18-10-16(28(30,31)32)6-9-21(18)40-12-15-4-5-15/h6,9-10,13,15,17,19-20,35H,3-5,7-8,11-12H2,1-2H3,(H,36,38)(H,37,39)/t17-,19-,20-/m1/s1. The van der Waals surface area contributed by atoms with Crippen LogP contribution in [-0.2, 0) is 11.0 Å². The molecule has 0 bridgehead atoms. The summed E-state index contributed by atoms with van der Waals surface area (Å²) in [6.07, 6.45) is -1.45. The molecule has 3 aromatic rings. The molecule has 3 atom stereocenters. The fourth-order valence-electron chi connectivity index (χ4n) is 5.09. The molecule has 2 aliphatic rings. The summed E-state index contributed by atoms with van der Waals surface area (Å²) < 4.78 is 61.6. The van der Waals surface area contributed by atoms with Gasteiger partial charge in [-0.05, 0) is 56.7 Å². The number of aromatic nitrogens is 3. The predicted octanol–water partition coefficient (Wildman–Crippen LogP) is 5.26. The Morgan fingerprint density at radius 1 is 1.12 bits per heavy atom. The third-order valence-corrected chi connectivity index (χ3v) is 7.51. The second-order valence-electron chi connectivity index (χ2n) is 10.6. The van der Waals surface area contributed by atoms with Crippen molar-refractivity contribution in [3.05, 3.63) is 41.3 Å². The van der Waals surface area contributed by atoms with Crippen molar-refractivity contribution in [2.75, 3.05) is 6.61 Å². The molecule has 0 spiro atoms. The molecule has 12 heteroatoms. The van der Waals surface area contributed by atoms with E-state index >= 15 is 0 Å². The van der Waals surface area contributed by atoms with Crippen LogP contribution in [0, 0.1) is 12.8 Å². The van der Waals surface area contributed by atoms with E-state index < -0.39 is 29.9 Å². The zero-order chi connectivity index (χ0) is 28.6. The largest absolute Gasteiger partial charge is 0.493 e. The lowest BCUT2D eigenvalue weighted by Gasteiger charge is -2.32. The molecule has 2 aromatic heterocycles. The first-order valence-corrected chi connectivity index (χ1v) is 13.5. The Hall–Kier alpha value is -3.70. The van der Waals surface area contributed by atoms with Crippen LogP contribution in [0.1, 0.15) is 67.1 Å². The lowest BCUT2D eigenvalue weighted by Crippen LogP contribution is -2.50. The topological polar surface area (TPSA) is 109 Å². The number of hydrogen-bond donors (Lipinski definition) is 3. The van der Waals surface area contributed by atoms with Gasteiger partial charge < -0.3 is 20.4 Å². The van der Waals surface area contributed by atoms with E-state index in [0.717, 1.165) is 25.0 Å². The molecule has 0 unspecified atom stereocenters. The molecule has 0 saturated heterocycles. The number of H-pyrrole nitrogens is 1. The normalized spacial score (nSPS) is 21.3. The average molecular weight is 562 g/mol. The van der Waals surface area contributed by atoms with Gasteiger partial charge in [0.15, 0.2) is 0 Å². The summed E-state index contributed by atoms with van der Waals surface area (Å²) in [6.45, 7) is 3.75. The van der Waals surface area contributed by atoms with E-state index in [4.69, 9.17) is 4.74 Å². The van der Waals surface area contributed by atoms with Gasteiger partial charge in [-0.2, -0.15) is 13.2 Å². The van der Waals surface area contributed by atoms with E-state index in [1.54, 1.807) is 13.8 Å². The first-order valence-electron chi connectivity index (χ1n) is 13.5. The molecule has 2 saturated carbocycles. The molecule has 3 N–H and O–H groups in total. The number of amides is 2. The van der Waals surface area contributed by atoms with Crippen LogP contribution in [0.15, 0.2) is 24.5 Å². The van der Waals surface area contributed by atoms with Crippen molar-refractivity contribution in [2.24, 2.45) is 5.92 Å². The average Bonchev–Trinajstić information content (AvgIpc) is 3.67. The molecule has 1 aromatic carbocycles. The van der Waals surface area contributed by atoms with Gasteiger partial charge in [-0.15, -0.1) is 0 Å². The molecular formula is C28H31F4N5O3. The summed E-state index contributed by atoms with van der Waals surface area (Å²) in [7, 11) is 0. The predicted molar refractivity (Wildman–Crippen MR) is 140 cm³/mol. The maximum Gasteiger partial charge on any atom is 0.416 e. The summed E-state index contributed by atoms with van der Waals surface area (Å²) in [5.41, 5.74) is 0.523. The number of rotatable bonds is 8. The van der Waals surface area contributed by atoms with E-state index in [-0.39, 0.29) is 52.0 Å². The van der Waals surface area contributed by atoms with Gasteiger partial charge in [-0.25, -0.2) is 14.4 Å². The van der Waals surface area contributed by atoms with E-state index in [1.807, 2.05) is 0 Å². The first-order chi connectivity index (χ1) is 19.0. The first kappa shape index (κ1) is 27.9. The molecule has 0 aliphatic heterocycles. The number of alkyl halides is 4. The van der Waals surface area contributed by atoms with Crippen LogP contribution >= 0.6 is 0 Å². The fourth-order valence-corrected chi connectivity index (χ4v) is 5.09. The number of aromatic amines is 1. The van der Waals surface area contributed by atoms with E-state index in [9.17, 15) is 27.2 Å². The quantitative estimate of drug-likeness (QED) is 0.325. The number of nitrogens with one attached hydrogen (secondary N) is 3. The summed E-state index contributed by atoms with van der Waals surface area (Å²) in [4.78, 5) is 36.6. The van der Waals surface area contributed by atoms with Crippen LogP contribution in [0.4, 0.5) is 17.6 Å². The highest BCUT2D eigenvalue weighted by Gasteiger charge is 2.35.